The molecule has 1 aliphatic carbocycles. The topological polar surface area (TPSA) is 57.7 Å². The third-order valence-corrected chi connectivity index (χ3v) is 3.74. The maximum Gasteiger partial charge on any atom is 0.338 e. The molecule has 3 rings (SSSR count). The van der Waals surface area contributed by atoms with Crippen molar-refractivity contribution in [2.75, 3.05) is 4.90 Å². The second-order valence-corrected chi connectivity index (χ2v) is 5.58. The molecule has 0 N–H and O–H groups in total. The van der Waals surface area contributed by atoms with Gasteiger partial charge in [-0.25, -0.2) is 9.69 Å². The van der Waals surface area contributed by atoms with Crippen molar-refractivity contribution in [2.24, 2.45) is 0 Å². The highest BCUT2D eigenvalue weighted by molar-refractivity contribution is 9.10. The van der Waals surface area contributed by atoms with Crippen LogP contribution in [0.3, 0.4) is 0 Å². The summed E-state index contributed by atoms with van der Waals surface area (Å²) in [5.41, 5.74) is 0.497. The molecule has 1 saturated heterocycles. The van der Waals surface area contributed by atoms with Gasteiger partial charge < -0.3 is 0 Å². The van der Waals surface area contributed by atoms with E-state index in [0.717, 1.165) is 22.2 Å². The first-order valence-electron chi connectivity index (χ1n) is 6.02. The number of imide groups is 2. The van der Waals surface area contributed by atoms with Gasteiger partial charge in [-0.1, -0.05) is 15.9 Å². The Morgan fingerprint density at radius 2 is 1.63 bits per heavy atom. The van der Waals surface area contributed by atoms with Crippen molar-refractivity contribution in [2.45, 2.75) is 25.3 Å². The molecule has 6 heteroatoms. The van der Waals surface area contributed by atoms with Gasteiger partial charge in [0.15, 0.2) is 0 Å². The summed E-state index contributed by atoms with van der Waals surface area (Å²) in [6.07, 6.45) is 1.43. The van der Waals surface area contributed by atoms with Crippen LogP contribution in [0.25, 0.3) is 0 Å². The molecule has 5 nitrogen and oxygen atoms in total. The number of nitrogens with zero attached hydrogens (tertiary/aromatic N) is 2. The monoisotopic (exact) mass is 322 g/mol. The third-order valence-electron chi connectivity index (χ3n) is 3.21. The van der Waals surface area contributed by atoms with Crippen LogP contribution < -0.4 is 4.90 Å². The Hall–Kier alpha value is -1.69. The number of barbiturate groups is 1. The lowest BCUT2D eigenvalue weighted by atomic mass is 10.2. The molecule has 0 unspecified atom stereocenters. The zero-order valence-corrected chi connectivity index (χ0v) is 11.6. The minimum atomic E-state index is -0.522. The Bertz CT molecular complexity index is 566. The molecule has 0 bridgehead atoms. The Morgan fingerprint density at radius 3 is 2.21 bits per heavy atom. The molecule has 1 heterocycles. The van der Waals surface area contributed by atoms with Gasteiger partial charge in [-0.2, -0.15) is 0 Å². The highest BCUT2D eigenvalue weighted by Gasteiger charge is 2.45. The fraction of sp³-hybridized carbons (Fsp3) is 0.308. The number of anilines is 1. The maximum atomic E-state index is 12.3. The number of halogens is 1. The normalized spacial score (nSPS) is 20.2. The van der Waals surface area contributed by atoms with E-state index in [0.29, 0.717) is 5.69 Å². The third kappa shape index (κ3) is 2.16. The fourth-order valence-corrected chi connectivity index (χ4v) is 2.42. The standard InChI is InChI=1S/C13H11BrN2O3/c14-8-1-3-9(4-2-8)15-11(17)7-12(18)16(13(15)19)10-5-6-10/h1-4,10H,5-7H2. The number of urea groups is 1. The van der Waals surface area contributed by atoms with E-state index in [1.807, 2.05) is 0 Å². The first kappa shape index (κ1) is 12.3. The zero-order chi connectivity index (χ0) is 13.6. The van der Waals surface area contributed by atoms with Gasteiger partial charge in [-0.05, 0) is 37.1 Å². The van der Waals surface area contributed by atoms with Gasteiger partial charge in [0.2, 0.25) is 11.8 Å². The van der Waals surface area contributed by atoms with Crippen LogP contribution in [-0.4, -0.2) is 28.8 Å². The van der Waals surface area contributed by atoms with Crippen LogP contribution in [0.1, 0.15) is 19.3 Å². The summed E-state index contributed by atoms with van der Waals surface area (Å²) in [7, 11) is 0. The van der Waals surface area contributed by atoms with Gasteiger partial charge in [0.25, 0.3) is 0 Å². The van der Waals surface area contributed by atoms with Crippen LogP contribution in [-0.2, 0) is 9.59 Å². The summed E-state index contributed by atoms with van der Waals surface area (Å²) in [4.78, 5) is 38.3. The van der Waals surface area contributed by atoms with E-state index in [1.165, 1.54) is 4.90 Å². The van der Waals surface area contributed by atoms with Crippen LogP contribution in [0.2, 0.25) is 0 Å². The van der Waals surface area contributed by atoms with Crippen molar-refractivity contribution in [3.05, 3.63) is 28.7 Å². The molecular weight excluding hydrogens is 312 g/mol. The Morgan fingerprint density at radius 1 is 1.00 bits per heavy atom. The minimum absolute atomic E-state index is 0.0222. The fourth-order valence-electron chi connectivity index (χ4n) is 2.15. The van der Waals surface area contributed by atoms with Crippen LogP contribution in [0, 0.1) is 0 Å². The van der Waals surface area contributed by atoms with Crippen molar-refractivity contribution < 1.29 is 14.4 Å². The highest BCUT2D eigenvalue weighted by Crippen LogP contribution is 2.32. The summed E-state index contributed by atoms with van der Waals surface area (Å²) in [6.45, 7) is 0. The molecule has 19 heavy (non-hydrogen) atoms. The number of hydrogen-bond acceptors (Lipinski definition) is 3. The van der Waals surface area contributed by atoms with E-state index in [9.17, 15) is 14.4 Å². The van der Waals surface area contributed by atoms with E-state index in [4.69, 9.17) is 0 Å². The van der Waals surface area contributed by atoms with Crippen molar-refractivity contribution in [3.8, 4) is 0 Å². The summed E-state index contributed by atoms with van der Waals surface area (Å²) in [6, 6.07) is 6.33. The van der Waals surface area contributed by atoms with E-state index >= 15 is 0 Å². The molecule has 0 aromatic heterocycles. The van der Waals surface area contributed by atoms with Gasteiger partial charge in [0, 0.05) is 10.5 Å². The van der Waals surface area contributed by atoms with Gasteiger partial charge in [0.05, 0.1) is 5.69 Å². The molecule has 2 fully saturated rings. The number of benzene rings is 1. The predicted octanol–water partition coefficient (Wildman–Crippen LogP) is 2.30. The van der Waals surface area contributed by atoms with E-state index in [1.54, 1.807) is 24.3 Å². The van der Waals surface area contributed by atoms with Crippen molar-refractivity contribution >= 4 is 39.5 Å². The quantitative estimate of drug-likeness (QED) is 0.785. The van der Waals surface area contributed by atoms with Crippen molar-refractivity contribution in [1.82, 2.24) is 4.90 Å². The predicted molar refractivity (Wildman–Crippen MR) is 71.5 cm³/mol. The van der Waals surface area contributed by atoms with Gasteiger partial charge in [-0.3, -0.25) is 14.5 Å². The average Bonchev–Trinajstić information content (AvgIpc) is 3.15. The van der Waals surface area contributed by atoms with Gasteiger partial charge in [0.1, 0.15) is 6.42 Å². The minimum Gasteiger partial charge on any atom is -0.274 e. The number of hydrogen-bond donors (Lipinski definition) is 0. The van der Waals surface area contributed by atoms with E-state index < -0.39 is 11.9 Å². The van der Waals surface area contributed by atoms with Crippen molar-refractivity contribution in [1.29, 1.82) is 0 Å². The second-order valence-electron chi connectivity index (χ2n) is 4.66. The molecule has 98 valence electrons. The molecule has 2 aliphatic rings. The Balaban J connectivity index is 1.94. The second kappa shape index (κ2) is 4.45. The van der Waals surface area contributed by atoms with Gasteiger partial charge in [-0.15, -0.1) is 0 Å². The SMILES string of the molecule is O=C1CC(=O)N(C2CC2)C(=O)N1c1ccc(Br)cc1. The number of carbonyl (C=O) groups excluding carboxylic acids is 3. The van der Waals surface area contributed by atoms with Gasteiger partial charge >= 0.3 is 6.03 Å². The van der Waals surface area contributed by atoms with Crippen LogP contribution >= 0.6 is 15.9 Å². The van der Waals surface area contributed by atoms with E-state index in [2.05, 4.69) is 15.9 Å². The van der Waals surface area contributed by atoms with Crippen LogP contribution in [0.5, 0.6) is 0 Å². The van der Waals surface area contributed by atoms with Crippen LogP contribution in [0.15, 0.2) is 28.7 Å². The average molecular weight is 323 g/mol. The van der Waals surface area contributed by atoms with Crippen LogP contribution in [0.4, 0.5) is 10.5 Å². The number of rotatable bonds is 2. The molecule has 1 aromatic rings. The molecule has 1 saturated carbocycles. The van der Waals surface area contributed by atoms with E-state index in [-0.39, 0.29) is 18.4 Å². The molecule has 1 aliphatic heterocycles. The lowest BCUT2D eigenvalue weighted by Gasteiger charge is -2.32. The zero-order valence-electron chi connectivity index (χ0n) is 10.0. The summed E-state index contributed by atoms with van der Waals surface area (Å²) in [5.74, 6) is -0.847. The summed E-state index contributed by atoms with van der Waals surface area (Å²) in [5, 5.41) is 0. The number of amides is 4. The first-order valence-corrected chi connectivity index (χ1v) is 6.82. The molecule has 1 aromatic carbocycles. The Kier molecular flexibility index (Phi) is 2.89. The number of carbonyl (C=O) groups is 3. The first-order chi connectivity index (χ1) is 9.08. The summed E-state index contributed by atoms with van der Waals surface area (Å²) < 4.78 is 0.864. The lowest BCUT2D eigenvalue weighted by Crippen LogP contribution is -2.56. The molecule has 4 amide bonds. The molecule has 0 radical (unpaired) electrons. The Labute approximate surface area is 118 Å². The largest absolute Gasteiger partial charge is 0.338 e. The lowest BCUT2D eigenvalue weighted by molar-refractivity contribution is -0.135. The van der Waals surface area contributed by atoms with Crippen molar-refractivity contribution in [3.63, 3.8) is 0 Å². The summed E-state index contributed by atoms with van der Waals surface area (Å²) >= 11 is 3.30. The molecular formula is C13H11BrN2O3. The molecule has 0 spiro atoms. The highest BCUT2D eigenvalue weighted by atomic mass is 79.9. The smallest absolute Gasteiger partial charge is 0.274 e. The molecule has 0 atom stereocenters. The maximum absolute atomic E-state index is 12.3.